The molecule has 0 aliphatic rings. The maximum Gasteiger partial charge on any atom is 0.244 e. The number of rotatable bonds is 4. The Balaban J connectivity index is 2.36. The third-order valence-electron chi connectivity index (χ3n) is 3.13. The summed E-state index contributed by atoms with van der Waals surface area (Å²) < 4.78 is 1.92. The molecule has 1 aromatic carbocycles. The van der Waals surface area contributed by atoms with Crippen LogP contribution in [0, 0.1) is 6.92 Å². The van der Waals surface area contributed by atoms with Crippen LogP contribution < -0.4 is 5.32 Å². The Morgan fingerprint density at radius 1 is 1.35 bits per heavy atom. The molecule has 2 aromatic rings. The summed E-state index contributed by atoms with van der Waals surface area (Å²) in [5.74, 6) is 0.688. The van der Waals surface area contributed by atoms with Gasteiger partial charge >= 0.3 is 0 Å². The fraction of sp³-hybridized carbons (Fsp3) is 0.250. The van der Waals surface area contributed by atoms with Crippen molar-refractivity contribution < 1.29 is 4.79 Å². The van der Waals surface area contributed by atoms with Gasteiger partial charge in [0.15, 0.2) is 0 Å². The summed E-state index contributed by atoms with van der Waals surface area (Å²) in [4.78, 5) is 16.2. The molecule has 4 heteroatoms. The molecule has 0 aliphatic heterocycles. The highest BCUT2D eigenvalue weighted by Gasteiger charge is 2.19. The molecule has 104 valence electrons. The maximum absolute atomic E-state index is 11.9. The number of carbonyl (C=O) groups excluding carboxylic acids is 1. The molecule has 0 bridgehead atoms. The lowest BCUT2D eigenvalue weighted by molar-refractivity contribution is -0.117. The lowest BCUT2D eigenvalue weighted by Crippen LogP contribution is -2.29. The van der Waals surface area contributed by atoms with Crippen LogP contribution in [0.1, 0.15) is 29.9 Å². The summed E-state index contributed by atoms with van der Waals surface area (Å²) in [6.45, 7) is 3.86. The van der Waals surface area contributed by atoms with E-state index in [1.54, 1.807) is 12.3 Å². The Morgan fingerprint density at radius 3 is 2.60 bits per heavy atom. The van der Waals surface area contributed by atoms with Crippen molar-refractivity contribution in [1.82, 2.24) is 14.9 Å². The van der Waals surface area contributed by atoms with Gasteiger partial charge in [0.2, 0.25) is 5.91 Å². The highest BCUT2D eigenvalue weighted by molar-refractivity contribution is 5.87. The van der Waals surface area contributed by atoms with Gasteiger partial charge in [-0.15, -0.1) is 0 Å². The molecular formula is C16H19N3O. The van der Waals surface area contributed by atoms with Gasteiger partial charge in [-0.05, 0) is 25.5 Å². The lowest BCUT2D eigenvalue weighted by Gasteiger charge is -2.18. The number of nitrogens with zero attached hydrogens (tertiary/aromatic N) is 2. The Kier molecular flexibility index (Phi) is 4.35. The van der Waals surface area contributed by atoms with E-state index in [4.69, 9.17) is 0 Å². The minimum absolute atomic E-state index is 0.124. The molecule has 4 nitrogen and oxygen atoms in total. The van der Waals surface area contributed by atoms with Crippen LogP contribution in [0.3, 0.4) is 0 Å². The van der Waals surface area contributed by atoms with Gasteiger partial charge < -0.3 is 9.88 Å². The molecule has 0 spiro atoms. The van der Waals surface area contributed by atoms with Gasteiger partial charge in [-0.3, -0.25) is 4.79 Å². The Hall–Kier alpha value is -2.36. The standard InChI is InChI=1S/C16H19N3O/c1-4-5-14(20)18-15(16-17-10-11-19(16)3)13-8-6-12(2)7-9-13/h4-11,15H,1-3H3,(H,18,20)/b5-4+. The van der Waals surface area contributed by atoms with Crippen LogP contribution in [0.5, 0.6) is 0 Å². The number of allylic oxidation sites excluding steroid dienone is 1. The normalized spacial score (nSPS) is 12.6. The largest absolute Gasteiger partial charge is 0.339 e. The summed E-state index contributed by atoms with van der Waals surface area (Å²) in [5.41, 5.74) is 2.20. The molecule has 0 saturated carbocycles. The van der Waals surface area contributed by atoms with Gasteiger partial charge in [0.1, 0.15) is 11.9 Å². The average Bonchev–Trinajstić information content (AvgIpc) is 2.84. The first-order chi connectivity index (χ1) is 9.61. The van der Waals surface area contributed by atoms with E-state index in [0.29, 0.717) is 0 Å². The van der Waals surface area contributed by atoms with Crippen LogP contribution in [-0.2, 0) is 11.8 Å². The summed E-state index contributed by atoms with van der Waals surface area (Å²) in [5, 5.41) is 2.99. The smallest absolute Gasteiger partial charge is 0.244 e. The van der Waals surface area contributed by atoms with Crippen molar-refractivity contribution in [2.45, 2.75) is 19.9 Å². The monoisotopic (exact) mass is 269 g/mol. The molecule has 1 N–H and O–H groups in total. The molecule has 1 heterocycles. The molecule has 0 saturated heterocycles. The van der Waals surface area contributed by atoms with E-state index < -0.39 is 0 Å². The predicted octanol–water partition coefficient (Wildman–Crippen LogP) is 2.51. The van der Waals surface area contributed by atoms with Crippen molar-refractivity contribution in [2.75, 3.05) is 0 Å². The van der Waals surface area contributed by atoms with Crippen LogP contribution in [0.15, 0.2) is 48.8 Å². The lowest BCUT2D eigenvalue weighted by atomic mass is 10.0. The number of hydrogen-bond donors (Lipinski definition) is 1. The predicted molar refractivity (Wildman–Crippen MR) is 79.2 cm³/mol. The van der Waals surface area contributed by atoms with E-state index in [1.807, 2.05) is 55.9 Å². The summed E-state index contributed by atoms with van der Waals surface area (Å²) >= 11 is 0. The number of hydrogen-bond acceptors (Lipinski definition) is 2. The number of amides is 1. The minimum Gasteiger partial charge on any atom is -0.339 e. The zero-order chi connectivity index (χ0) is 14.5. The molecule has 2 rings (SSSR count). The zero-order valence-corrected chi connectivity index (χ0v) is 12.0. The fourth-order valence-electron chi connectivity index (χ4n) is 2.05. The first-order valence-electron chi connectivity index (χ1n) is 6.59. The quantitative estimate of drug-likeness (QED) is 0.867. The maximum atomic E-state index is 11.9. The van der Waals surface area contributed by atoms with Crippen LogP contribution in [0.4, 0.5) is 0 Å². The van der Waals surface area contributed by atoms with E-state index >= 15 is 0 Å². The molecule has 0 aliphatic carbocycles. The summed E-state index contributed by atoms with van der Waals surface area (Å²) in [6.07, 6.45) is 6.85. The molecule has 1 amide bonds. The molecule has 1 unspecified atom stereocenters. The van der Waals surface area contributed by atoms with Gasteiger partial charge in [-0.1, -0.05) is 35.9 Å². The second kappa shape index (κ2) is 6.19. The van der Waals surface area contributed by atoms with Crippen molar-refractivity contribution in [3.63, 3.8) is 0 Å². The fourth-order valence-corrected chi connectivity index (χ4v) is 2.05. The Bertz CT molecular complexity index is 611. The topological polar surface area (TPSA) is 46.9 Å². The van der Waals surface area contributed by atoms with Crippen molar-refractivity contribution in [3.8, 4) is 0 Å². The van der Waals surface area contributed by atoms with E-state index in [9.17, 15) is 4.79 Å². The third-order valence-corrected chi connectivity index (χ3v) is 3.13. The molecule has 1 atom stereocenters. The zero-order valence-electron chi connectivity index (χ0n) is 12.0. The van der Waals surface area contributed by atoms with E-state index in [2.05, 4.69) is 10.3 Å². The first-order valence-corrected chi connectivity index (χ1v) is 6.59. The highest BCUT2D eigenvalue weighted by Crippen LogP contribution is 2.20. The molecule has 20 heavy (non-hydrogen) atoms. The van der Waals surface area contributed by atoms with Crippen molar-refractivity contribution in [2.24, 2.45) is 7.05 Å². The number of benzene rings is 1. The van der Waals surface area contributed by atoms with Crippen LogP contribution >= 0.6 is 0 Å². The first kappa shape index (κ1) is 14.1. The van der Waals surface area contributed by atoms with Gasteiger partial charge in [0, 0.05) is 19.4 Å². The number of aromatic nitrogens is 2. The number of imidazole rings is 1. The van der Waals surface area contributed by atoms with E-state index in [1.165, 1.54) is 11.6 Å². The minimum atomic E-state index is -0.251. The third kappa shape index (κ3) is 3.15. The van der Waals surface area contributed by atoms with Crippen molar-refractivity contribution in [1.29, 1.82) is 0 Å². The number of aryl methyl sites for hydroxylation is 2. The highest BCUT2D eigenvalue weighted by atomic mass is 16.1. The van der Waals surface area contributed by atoms with Crippen LogP contribution in [0.25, 0.3) is 0 Å². The Morgan fingerprint density at radius 2 is 2.05 bits per heavy atom. The SMILES string of the molecule is C/C=C/C(=O)NC(c1ccc(C)cc1)c1nccn1C. The summed E-state index contributed by atoms with van der Waals surface area (Å²) in [7, 11) is 1.92. The molecular weight excluding hydrogens is 250 g/mol. The van der Waals surface area contributed by atoms with E-state index in [-0.39, 0.29) is 11.9 Å². The molecule has 1 aromatic heterocycles. The second-order valence-electron chi connectivity index (χ2n) is 4.75. The Labute approximate surface area is 119 Å². The van der Waals surface area contributed by atoms with Crippen LogP contribution in [0.2, 0.25) is 0 Å². The molecule has 0 fully saturated rings. The average molecular weight is 269 g/mol. The van der Waals surface area contributed by atoms with E-state index in [0.717, 1.165) is 11.4 Å². The summed E-state index contributed by atoms with van der Waals surface area (Å²) in [6, 6.07) is 7.86. The van der Waals surface area contributed by atoms with Crippen molar-refractivity contribution >= 4 is 5.91 Å². The number of carbonyl (C=O) groups is 1. The van der Waals surface area contributed by atoms with Gasteiger partial charge in [0.05, 0.1) is 0 Å². The van der Waals surface area contributed by atoms with Crippen molar-refractivity contribution in [3.05, 3.63) is 65.8 Å². The van der Waals surface area contributed by atoms with Gasteiger partial charge in [-0.25, -0.2) is 4.98 Å². The molecule has 0 radical (unpaired) electrons. The van der Waals surface area contributed by atoms with Gasteiger partial charge in [0.25, 0.3) is 0 Å². The van der Waals surface area contributed by atoms with Crippen LogP contribution in [-0.4, -0.2) is 15.5 Å². The second-order valence-corrected chi connectivity index (χ2v) is 4.75. The number of nitrogens with one attached hydrogen (secondary N) is 1. The van der Waals surface area contributed by atoms with Gasteiger partial charge in [-0.2, -0.15) is 0 Å².